The predicted molar refractivity (Wildman–Crippen MR) is 238 cm³/mol. The van der Waals surface area contributed by atoms with Gasteiger partial charge in [-0.2, -0.15) is 0 Å². The lowest BCUT2D eigenvalue weighted by Gasteiger charge is -2.29. The van der Waals surface area contributed by atoms with Crippen LogP contribution >= 0.6 is 0 Å². The Morgan fingerprint density at radius 3 is 1.60 bits per heavy atom. The highest BCUT2D eigenvalue weighted by Gasteiger charge is 2.35. The van der Waals surface area contributed by atoms with Crippen LogP contribution < -0.4 is 5.32 Å². The van der Waals surface area contributed by atoms with Crippen LogP contribution in [0.15, 0.2) is 182 Å². The maximum Gasteiger partial charge on any atom is 0.164 e. The molecule has 1 aromatic heterocycles. The minimum absolute atomic E-state index is 0.144. The van der Waals surface area contributed by atoms with Crippen LogP contribution in [0.5, 0.6) is 0 Å². The van der Waals surface area contributed by atoms with E-state index < -0.39 is 0 Å². The van der Waals surface area contributed by atoms with Crippen molar-refractivity contribution in [2.24, 2.45) is 0 Å². The number of fused-ring (bicyclic) bond motifs is 4. The van der Waals surface area contributed by atoms with E-state index in [1.807, 2.05) is 54.6 Å². The van der Waals surface area contributed by atoms with E-state index in [2.05, 4.69) is 147 Å². The number of benzene rings is 7. The van der Waals surface area contributed by atoms with Crippen molar-refractivity contribution in [3.63, 3.8) is 0 Å². The summed E-state index contributed by atoms with van der Waals surface area (Å²) in [5.74, 6) is 1.88. The van der Waals surface area contributed by atoms with Gasteiger partial charge in [0.2, 0.25) is 0 Å². The number of nitrogens with one attached hydrogen (secondary N) is 2. The zero-order valence-electron chi connectivity index (χ0n) is 32.2. The second-order valence-electron chi connectivity index (χ2n) is 15.3. The molecule has 5 nitrogen and oxygen atoms in total. The minimum atomic E-state index is -0.144. The first-order valence-electron chi connectivity index (χ1n) is 19.6. The summed E-state index contributed by atoms with van der Waals surface area (Å²) in [4.78, 5) is 15.3. The number of hydrogen-bond acceptors (Lipinski definition) is 5. The number of rotatable bonds is 7. The lowest BCUT2D eigenvalue weighted by molar-refractivity contribution is 0.660. The van der Waals surface area contributed by atoms with Gasteiger partial charge in [0.05, 0.1) is 11.4 Å². The van der Waals surface area contributed by atoms with E-state index in [4.69, 9.17) is 20.4 Å². The molecule has 2 aliphatic rings. The van der Waals surface area contributed by atoms with Crippen LogP contribution in [0.1, 0.15) is 52.8 Å². The number of aromatic nitrogens is 3. The molecule has 276 valence electrons. The van der Waals surface area contributed by atoms with E-state index in [-0.39, 0.29) is 5.41 Å². The Balaban J connectivity index is 1.10. The number of allylic oxidation sites excluding steroid dienone is 1. The smallest absolute Gasteiger partial charge is 0.164 e. The van der Waals surface area contributed by atoms with Crippen LogP contribution in [0.3, 0.4) is 0 Å². The summed E-state index contributed by atoms with van der Waals surface area (Å²) in [7, 11) is 0. The summed E-state index contributed by atoms with van der Waals surface area (Å²) in [6.45, 7) is 4.59. The molecule has 7 aromatic carbocycles. The quantitative estimate of drug-likeness (QED) is 0.159. The summed E-state index contributed by atoms with van der Waals surface area (Å²) in [5.41, 5.74) is 16.8. The SMILES string of the molecule is CC1(C)c2ccccc2-c2ccc(-c3nc(-c4ccccc4)nc(-c4ccc(C5=C(c6ccccc6)N/C(=C(\C=N)c6ccccc6)c6ccccc65)cc4)n3)cc21. The summed E-state index contributed by atoms with van der Waals surface area (Å²) >= 11 is 0. The molecule has 0 saturated carbocycles. The number of nitrogens with zero attached hydrogens (tertiary/aromatic N) is 3. The van der Waals surface area contributed by atoms with E-state index >= 15 is 0 Å². The molecule has 0 unspecified atom stereocenters. The molecule has 0 radical (unpaired) electrons. The van der Waals surface area contributed by atoms with Gasteiger partial charge in [0.15, 0.2) is 17.5 Å². The fraction of sp³-hybridized carbons (Fsp3) is 0.0566. The fourth-order valence-electron chi connectivity index (χ4n) is 8.54. The van der Waals surface area contributed by atoms with Gasteiger partial charge in [-0.15, -0.1) is 0 Å². The van der Waals surface area contributed by atoms with Crippen molar-refractivity contribution in [1.82, 2.24) is 20.3 Å². The second-order valence-corrected chi connectivity index (χ2v) is 15.3. The van der Waals surface area contributed by atoms with Crippen molar-refractivity contribution >= 4 is 28.8 Å². The summed E-state index contributed by atoms with van der Waals surface area (Å²) in [5, 5.41) is 12.4. The average molecular weight is 746 g/mol. The van der Waals surface area contributed by atoms with Crippen LogP contribution in [0.4, 0.5) is 0 Å². The van der Waals surface area contributed by atoms with Gasteiger partial charge in [-0.1, -0.05) is 190 Å². The third kappa shape index (κ3) is 5.96. The molecule has 5 heteroatoms. The molecule has 0 saturated heterocycles. The van der Waals surface area contributed by atoms with E-state index in [9.17, 15) is 0 Å². The first-order chi connectivity index (χ1) is 28.5. The second kappa shape index (κ2) is 14.2. The summed E-state index contributed by atoms with van der Waals surface area (Å²) in [6.07, 6.45) is 1.45. The standard InChI is InChI=1S/C53H39N5/c1-53(2)45-25-15-14-22-40(45)41-31-30-39(32-46(41)53)52-57-50(37-20-10-5-11-21-37)56-51(58-52)38-28-26-35(27-29-38)47-42-23-12-13-24-43(42)49(44(33-54)34-16-6-3-7-17-34)55-48(47)36-18-8-4-9-19-36/h3-33,54-55H,1-2H3/b49-44+,54-33?. The van der Waals surface area contributed by atoms with Crippen LogP contribution in [-0.2, 0) is 5.41 Å². The van der Waals surface area contributed by atoms with Crippen molar-refractivity contribution in [2.75, 3.05) is 0 Å². The molecule has 0 fully saturated rings. The highest BCUT2D eigenvalue weighted by Crippen LogP contribution is 2.49. The predicted octanol–water partition coefficient (Wildman–Crippen LogP) is 12.2. The highest BCUT2D eigenvalue weighted by atomic mass is 15.0. The molecule has 0 atom stereocenters. The van der Waals surface area contributed by atoms with E-state index in [0.29, 0.717) is 17.5 Å². The maximum atomic E-state index is 8.53. The van der Waals surface area contributed by atoms with E-state index in [1.54, 1.807) is 0 Å². The number of hydrogen-bond donors (Lipinski definition) is 2. The van der Waals surface area contributed by atoms with Crippen molar-refractivity contribution < 1.29 is 0 Å². The van der Waals surface area contributed by atoms with Crippen LogP contribution in [0.2, 0.25) is 0 Å². The topological polar surface area (TPSA) is 74.6 Å². The van der Waals surface area contributed by atoms with Gasteiger partial charge in [-0.3, -0.25) is 0 Å². The van der Waals surface area contributed by atoms with Crippen LogP contribution in [-0.4, -0.2) is 21.2 Å². The van der Waals surface area contributed by atoms with Crippen molar-refractivity contribution in [1.29, 1.82) is 5.41 Å². The molecule has 10 rings (SSSR count). The minimum Gasteiger partial charge on any atom is -0.353 e. The van der Waals surface area contributed by atoms with Gasteiger partial charge in [-0.05, 0) is 50.6 Å². The monoisotopic (exact) mass is 745 g/mol. The Kier molecular flexibility index (Phi) is 8.57. The molecular weight excluding hydrogens is 707 g/mol. The first-order valence-corrected chi connectivity index (χ1v) is 19.6. The van der Waals surface area contributed by atoms with E-state index in [1.165, 1.54) is 28.5 Å². The average Bonchev–Trinajstić information content (AvgIpc) is 3.52. The van der Waals surface area contributed by atoms with Crippen LogP contribution in [0, 0.1) is 5.41 Å². The van der Waals surface area contributed by atoms with Gasteiger partial charge in [0, 0.05) is 45.0 Å². The Bertz CT molecular complexity index is 2930. The molecule has 0 amide bonds. The lowest BCUT2D eigenvalue weighted by Crippen LogP contribution is -2.21. The van der Waals surface area contributed by atoms with Crippen molar-refractivity contribution in [3.05, 3.63) is 221 Å². The van der Waals surface area contributed by atoms with Gasteiger partial charge in [0.25, 0.3) is 0 Å². The normalized spacial score (nSPS) is 14.5. The van der Waals surface area contributed by atoms with Gasteiger partial charge >= 0.3 is 0 Å². The Morgan fingerprint density at radius 1 is 0.466 bits per heavy atom. The van der Waals surface area contributed by atoms with Gasteiger partial charge < -0.3 is 10.7 Å². The largest absolute Gasteiger partial charge is 0.353 e. The Hall–Kier alpha value is -7.50. The van der Waals surface area contributed by atoms with Crippen molar-refractivity contribution in [3.8, 4) is 45.3 Å². The lowest BCUT2D eigenvalue weighted by atomic mass is 9.82. The van der Waals surface area contributed by atoms with Crippen molar-refractivity contribution in [2.45, 2.75) is 19.3 Å². The zero-order chi connectivity index (χ0) is 39.2. The Labute approximate surface area is 338 Å². The van der Waals surface area contributed by atoms with E-state index in [0.717, 1.165) is 67.0 Å². The third-order valence-electron chi connectivity index (χ3n) is 11.5. The zero-order valence-corrected chi connectivity index (χ0v) is 32.2. The fourth-order valence-corrected chi connectivity index (χ4v) is 8.54. The Morgan fingerprint density at radius 2 is 0.948 bits per heavy atom. The molecule has 1 aliphatic heterocycles. The first kappa shape index (κ1) is 35.0. The molecule has 1 aliphatic carbocycles. The molecule has 2 heterocycles. The van der Waals surface area contributed by atoms with Gasteiger partial charge in [-0.25, -0.2) is 15.0 Å². The molecule has 0 bridgehead atoms. The van der Waals surface area contributed by atoms with Gasteiger partial charge in [0.1, 0.15) is 0 Å². The molecule has 0 spiro atoms. The maximum absolute atomic E-state index is 8.53. The molecular formula is C53H39N5. The summed E-state index contributed by atoms with van der Waals surface area (Å²) < 4.78 is 0. The highest BCUT2D eigenvalue weighted by molar-refractivity contribution is 6.21. The molecule has 58 heavy (non-hydrogen) atoms. The van der Waals surface area contributed by atoms with Crippen LogP contribution in [0.25, 0.3) is 67.8 Å². The summed E-state index contributed by atoms with van der Waals surface area (Å²) in [6, 6.07) is 63.0. The third-order valence-corrected chi connectivity index (χ3v) is 11.5. The molecule has 2 N–H and O–H groups in total. The molecule has 8 aromatic rings.